The monoisotopic (exact) mass is 326 g/mol. The number of hydrogen-bond donors (Lipinski definition) is 2. The average molecular weight is 326 g/mol. The number of nitrogens with one attached hydrogen (secondary N) is 2. The molecule has 0 saturated carbocycles. The molecule has 2 rings (SSSR count). The minimum Gasteiger partial charge on any atom is -0.433 e. The summed E-state index contributed by atoms with van der Waals surface area (Å²) in [7, 11) is 0. The van der Waals surface area contributed by atoms with Crippen LogP contribution in [0.4, 0.5) is 24.5 Å². The van der Waals surface area contributed by atoms with Crippen LogP contribution < -0.4 is 15.4 Å². The number of halogens is 3. The molecule has 0 atom stereocenters. The van der Waals surface area contributed by atoms with E-state index in [1.54, 1.807) is 25.1 Å². The molecule has 7 heteroatoms. The van der Waals surface area contributed by atoms with Gasteiger partial charge in [0, 0.05) is 5.69 Å². The number of hydrogen-bond acceptors (Lipinski definition) is 2. The molecule has 0 heterocycles. The van der Waals surface area contributed by atoms with E-state index < -0.39 is 12.4 Å². The van der Waals surface area contributed by atoms with Crippen LogP contribution in [-0.4, -0.2) is 11.7 Å². The van der Waals surface area contributed by atoms with E-state index in [4.69, 9.17) is 12.2 Å². The van der Waals surface area contributed by atoms with Gasteiger partial charge in [0.05, 0.1) is 5.69 Å². The van der Waals surface area contributed by atoms with E-state index >= 15 is 0 Å². The Kier molecular flexibility index (Phi) is 5.21. The lowest BCUT2D eigenvalue weighted by atomic mass is 10.2. The van der Waals surface area contributed by atoms with Crippen molar-refractivity contribution in [3.8, 4) is 5.75 Å². The van der Waals surface area contributed by atoms with Gasteiger partial charge in [0.1, 0.15) is 11.6 Å². The van der Waals surface area contributed by atoms with Gasteiger partial charge in [0.2, 0.25) is 0 Å². The summed E-state index contributed by atoms with van der Waals surface area (Å²) >= 11 is 5.09. The standard InChI is InChI=1S/C15H13F3N2OS/c1-9-5-6-13(21-14(17)18)12(7-9)20-15(22)19-11-4-2-3-10(16)8-11/h2-8,14H,1H3,(H2,19,20,22). The first-order valence-electron chi connectivity index (χ1n) is 6.33. The van der Waals surface area contributed by atoms with E-state index in [0.717, 1.165) is 5.56 Å². The number of benzene rings is 2. The molecule has 0 aliphatic rings. The van der Waals surface area contributed by atoms with Crippen LogP contribution in [0.3, 0.4) is 0 Å². The Bertz CT molecular complexity index is 680. The molecule has 2 aromatic carbocycles. The lowest BCUT2D eigenvalue weighted by Crippen LogP contribution is -2.20. The molecule has 0 unspecified atom stereocenters. The third-order valence-electron chi connectivity index (χ3n) is 2.68. The number of ether oxygens (including phenoxy) is 1. The largest absolute Gasteiger partial charge is 0.433 e. The molecule has 0 spiro atoms. The fourth-order valence-corrected chi connectivity index (χ4v) is 2.02. The molecule has 116 valence electrons. The number of alkyl halides is 2. The highest BCUT2D eigenvalue weighted by Crippen LogP contribution is 2.27. The Morgan fingerprint density at radius 2 is 1.91 bits per heavy atom. The molecule has 0 aliphatic heterocycles. The number of thiocarbonyl (C=S) groups is 1. The zero-order valence-electron chi connectivity index (χ0n) is 11.6. The van der Waals surface area contributed by atoms with Crippen molar-refractivity contribution in [3.05, 3.63) is 53.8 Å². The Balaban J connectivity index is 2.12. The first-order valence-corrected chi connectivity index (χ1v) is 6.74. The maximum atomic E-state index is 13.1. The van der Waals surface area contributed by atoms with E-state index in [1.165, 1.54) is 24.3 Å². The van der Waals surface area contributed by atoms with E-state index in [9.17, 15) is 13.2 Å². The molecule has 0 saturated heterocycles. The summed E-state index contributed by atoms with van der Waals surface area (Å²) in [6, 6.07) is 10.4. The smallest absolute Gasteiger partial charge is 0.387 e. The second kappa shape index (κ2) is 7.13. The molecule has 0 radical (unpaired) electrons. The van der Waals surface area contributed by atoms with Crippen molar-refractivity contribution in [3.63, 3.8) is 0 Å². The average Bonchev–Trinajstić information content (AvgIpc) is 2.41. The summed E-state index contributed by atoms with van der Waals surface area (Å²) in [5, 5.41) is 5.67. The van der Waals surface area contributed by atoms with E-state index in [0.29, 0.717) is 11.4 Å². The van der Waals surface area contributed by atoms with Crippen molar-refractivity contribution in [1.29, 1.82) is 0 Å². The van der Waals surface area contributed by atoms with Gasteiger partial charge in [-0.2, -0.15) is 8.78 Å². The molecule has 2 N–H and O–H groups in total. The SMILES string of the molecule is Cc1ccc(OC(F)F)c(NC(=S)Nc2cccc(F)c2)c1. The van der Waals surface area contributed by atoms with Crippen molar-refractivity contribution in [2.45, 2.75) is 13.5 Å². The summed E-state index contributed by atoms with van der Waals surface area (Å²) in [6.07, 6.45) is 0. The normalized spacial score (nSPS) is 10.4. The molecule has 3 nitrogen and oxygen atoms in total. The third kappa shape index (κ3) is 4.63. The van der Waals surface area contributed by atoms with Crippen LogP contribution in [0, 0.1) is 12.7 Å². The summed E-state index contributed by atoms with van der Waals surface area (Å²) in [5.41, 5.74) is 1.59. The third-order valence-corrected chi connectivity index (χ3v) is 2.89. The Morgan fingerprint density at radius 1 is 1.14 bits per heavy atom. The van der Waals surface area contributed by atoms with Crippen LogP contribution in [0.5, 0.6) is 5.75 Å². The highest BCUT2D eigenvalue weighted by atomic mass is 32.1. The fraction of sp³-hybridized carbons (Fsp3) is 0.133. The number of aryl methyl sites for hydroxylation is 1. The number of rotatable bonds is 4. The highest BCUT2D eigenvalue weighted by Gasteiger charge is 2.11. The van der Waals surface area contributed by atoms with Gasteiger partial charge in [-0.3, -0.25) is 0 Å². The lowest BCUT2D eigenvalue weighted by molar-refractivity contribution is -0.0493. The Morgan fingerprint density at radius 3 is 2.59 bits per heavy atom. The minimum absolute atomic E-state index is 0.0241. The fourth-order valence-electron chi connectivity index (χ4n) is 1.79. The first kappa shape index (κ1) is 16.1. The maximum Gasteiger partial charge on any atom is 0.387 e. The van der Waals surface area contributed by atoms with Gasteiger partial charge in [-0.1, -0.05) is 12.1 Å². The second-order valence-corrected chi connectivity index (χ2v) is 4.88. The highest BCUT2D eigenvalue weighted by molar-refractivity contribution is 7.80. The number of anilines is 2. The summed E-state index contributed by atoms with van der Waals surface area (Å²) in [5.74, 6) is -0.436. The maximum absolute atomic E-state index is 13.1. The van der Waals surface area contributed by atoms with E-state index in [-0.39, 0.29) is 10.9 Å². The van der Waals surface area contributed by atoms with Crippen molar-refractivity contribution in [1.82, 2.24) is 0 Å². The van der Waals surface area contributed by atoms with Crippen LogP contribution in [0.15, 0.2) is 42.5 Å². The molecule has 22 heavy (non-hydrogen) atoms. The van der Waals surface area contributed by atoms with Crippen LogP contribution in [0.2, 0.25) is 0 Å². The van der Waals surface area contributed by atoms with Crippen LogP contribution in [0.25, 0.3) is 0 Å². The molecule has 0 aliphatic carbocycles. The first-order chi connectivity index (χ1) is 10.4. The topological polar surface area (TPSA) is 33.3 Å². The van der Waals surface area contributed by atoms with Gasteiger partial charge in [-0.05, 0) is 55.0 Å². The summed E-state index contributed by atoms with van der Waals surface area (Å²) in [6.45, 7) is -1.13. The second-order valence-electron chi connectivity index (χ2n) is 4.47. The van der Waals surface area contributed by atoms with Gasteiger partial charge >= 0.3 is 6.61 Å². The molecular weight excluding hydrogens is 313 g/mol. The minimum atomic E-state index is -2.94. The van der Waals surface area contributed by atoms with Crippen molar-refractivity contribution < 1.29 is 17.9 Å². The molecule has 0 amide bonds. The lowest BCUT2D eigenvalue weighted by Gasteiger charge is -2.15. The van der Waals surface area contributed by atoms with Crippen molar-refractivity contribution in [2.24, 2.45) is 0 Å². The molecule has 2 aromatic rings. The van der Waals surface area contributed by atoms with Gasteiger partial charge < -0.3 is 15.4 Å². The van der Waals surface area contributed by atoms with Crippen LogP contribution >= 0.6 is 12.2 Å². The predicted molar refractivity (Wildman–Crippen MR) is 84.1 cm³/mol. The van der Waals surface area contributed by atoms with Crippen LogP contribution in [-0.2, 0) is 0 Å². The van der Waals surface area contributed by atoms with Crippen molar-refractivity contribution >= 4 is 28.7 Å². The van der Waals surface area contributed by atoms with Crippen LogP contribution in [0.1, 0.15) is 5.56 Å². The van der Waals surface area contributed by atoms with Crippen molar-refractivity contribution in [2.75, 3.05) is 10.6 Å². The summed E-state index contributed by atoms with van der Waals surface area (Å²) in [4.78, 5) is 0. The van der Waals surface area contributed by atoms with Gasteiger partial charge in [-0.15, -0.1) is 0 Å². The predicted octanol–water partition coefficient (Wildman–Crippen LogP) is 4.54. The summed E-state index contributed by atoms with van der Waals surface area (Å²) < 4.78 is 42.3. The molecule has 0 fully saturated rings. The van der Waals surface area contributed by atoms with Gasteiger partial charge in [0.15, 0.2) is 5.11 Å². The zero-order chi connectivity index (χ0) is 16.1. The Labute approximate surface area is 131 Å². The van der Waals surface area contributed by atoms with Gasteiger partial charge in [-0.25, -0.2) is 4.39 Å². The van der Waals surface area contributed by atoms with E-state index in [1.807, 2.05) is 0 Å². The zero-order valence-corrected chi connectivity index (χ0v) is 12.4. The Hall–Kier alpha value is -2.28. The molecule has 0 aromatic heterocycles. The molecule has 0 bridgehead atoms. The quantitative estimate of drug-likeness (QED) is 0.808. The van der Waals surface area contributed by atoms with Gasteiger partial charge in [0.25, 0.3) is 0 Å². The van der Waals surface area contributed by atoms with E-state index in [2.05, 4.69) is 15.4 Å². The molecular formula is C15H13F3N2OS.